The highest BCUT2D eigenvalue weighted by atomic mass is 16.1. The summed E-state index contributed by atoms with van der Waals surface area (Å²) < 4.78 is 0. The highest BCUT2D eigenvalue weighted by Gasteiger charge is 2.09. The first-order valence-electron chi connectivity index (χ1n) is 5.77. The number of benzene rings is 1. The van der Waals surface area contributed by atoms with Crippen LogP contribution in [0.2, 0.25) is 0 Å². The van der Waals surface area contributed by atoms with E-state index in [1.54, 1.807) is 13.1 Å². The molecule has 0 aromatic heterocycles. The molecule has 1 aromatic rings. The molecule has 0 unspecified atom stereocenters. The van der Waals surface area contributed by atoms with Gasteiger partial charge in [0.25, 0.3) is 0 Å². The highest BCUT2D eigenvalue weighted by molar-refractivity contribution is 5.76. The molecule has 96 valence electrons. The number of nitrogens with two attached hydrogens (primary N) is 1. The second-order valence-corrected chi connectivity index (χ2v) is 4.01. The van der Waals surface area contributed by atoms with Crippen molar-refractivity contribution >= 4 is 11.6 Å². The summed E-state index contributed by atoms with van der Waals surface area (Å²) in [6.45, 7) is 0.979. The number of rotatable bonds is 5. The number of anilines is 1. The van der Waals surface area contributed by atoms with Gasteiger partial charge in [-0.05, 0) is 17.7 Å². The fourth-order valence-corrected chi connectivity index (χ4v) is 1.65. The molecule has 0 saturated heterocycles. The van der Waals surface area contributed by atoms with Gasteiger partial charge in [0.2, 0.25) is 5.91 Å². The Hall–Kier alpha value is -2.06. The van der Waals surface area contributed by atoms with Crippen LogP contribution in [0.5, 0.6) is 0 Å². The van der Waals surface area contributed by atoms with E-state index < -0.39 is 0 Å². The zero-order valence-electron chi connectivity index (χ0n) is 10.7. The van der Waals surface area contributed by atoms with Gasteiger partial charge in [0.05, 0.1) is 11.3 Å². The molecule has 0 aliphatic carbocycles. The van der Waals surface area contributed by atoms with Gasteiger partial charge in [-0.1, -0.05) is 6.07 Å². The highest BCUT2D eigenvalue weighted by Crippen LogP contribution is 2.20. The number of nitrogens with one attached hydrogen (secondary N) is 1. The number of hydrogen-bond acceptors (Lipinski definition) is 4. The molecule has 0 aliphatic rings. The van der Waals surface area contributed by atoms with Gasteiger partial charge in [-0.3, -0.25) is 4.79 Å². The maximum absolute atomic E-state index is 11.2. The predicted molar refractivity (Wildman–Crippen MR) is 71.0 cm³/mol. The van der Waals surface area contributed by atoms with Crippen LogP contribution < -0.4 is 16.0 Å². The Morgan fingerprint density at radius 3 is 2.83 bits per heavy atom. The van der Waals surface area contributed by atoms with Crippen molar-refractivity contribution in [2.75, 3.05) is 25.5 Å². The van der Waals surface area contributed by atoms with Gasteiger partial charge >= 0.3 is 0 Å². The van der Waals surface area contributed by atoms with E-state index >= 15 is 0 Å². The second kappa shape index (κ2) is 6.62. The smallest absolute Gasteiger partial charge is 0.221 e. The molecule has 18 heavy (non-hydrogen) atoms. The lowest BCUT2D eigenvalue weighted by Gasteiger charge is -2.20. The number of hydrogen-bond donors (Lipinski definition) is 2. The van der Waals surface area contributed by atoms with Crippen molar-refractivity contribution in [1.29, 1.82) is 5.26 Å². The van der Waals surface area contributed by atoms with Gasteiger partial charge in [0, 0.05) is 33.6 Å². The van der Waals surface area contributed by atoms with Gasteiger partial charge in [-0.2, -0.15) is 5.26 Å². The summed E-state index contributed by atoms with van der Waals surface area (Å²) >= 11 is 0. The lowest BCUT2D eigenvalue weighted by atomic mass is 10.1. The first kappa shape index (κ1) is 14.0. The quantitative estimate of drug-likeness (QED) is 0.796. The summed E-state index contributed by atoms with van der Waals surface area (Å²) in [5.74, 6) is -0.0149. The van der Waals surface area contributed by atoms with Crippen molar-refractivity contribution in [3.8, 4) is 6.07 Å². The summed E-state index contributed by atoms with van der Waals surface area (Å²) in [7, 11) is 3.47. The first-order valence-corrected chi connectivity index (χ1v) is 5.77. The lowest BCUT2D eigenvalue weighted by molar-refractivity contribution is -0.120. The number of carbonyl (C=O) groups excluding carboxylic acids is 1. The molecule has 0 heterocycles. The minimum Gasteiger partial charge on any atom is -0.373 e. The molecule has 0 radical (unpaired) electrons. The van der Waals surface area contributed by atoms with Crippen LogP contribution in [0.25, 0.3) is 0 Å². The summed E-state index contributed by atoms with van der Waals surface area (Å²) in [5, 5.41) is 11.7. The van der Waals surface area contributed by atoms with Crippen LogP contribution in [-0.2, 0) is 11.3 Å². The molecule has 5 heteroatoms. The molecule has 3 N–H and O–H groups in total. The Kier molecular flexibility index (Phi) is 5.15. The molecule has 0 aliphatic heterocycles. The molecule has 0 fully saturated rings. The Labute approximate surface area is 107 Å². The Balaban J connectivity index is 2.82. The molecular weight excluding hydrogens is 228 g/mol. The van der Waals surface area contributed by atoms with Gasteiger partial charge in [-0.15, -0.1) is 0 Å². The third-order valence-electron chi connectivity index (χ3n) is 2.78. The van der Waals surface area contributed by atoms with Crippen molar-refractivity contribution in [3.05, 3.63) is 29.3 Å². The summed E-state index contributed by atoms with van der Waals surface area (Å²) in [6.07, 6.45) is 0.399. The first-order chi connectivity index (χ1) is 8.62. The number of nitrogens with zero attached hydrogens (tertiary/aromatic N) is 2. The third-order valence-corrected chi connectivity index (χ3v) is 2.78. The molecule has 5 nitrogen and oxygen atoms in total. The van der Waals surface area contributed by atoms with Crippen molar-refractivity contribution in [2.24, 2.45) is 5.73 Å². The summed E-state index contributed by atoms with van der Waals surface area (Å²) in [5.41, 5.74) is 7.87. The van der Waals surface area contributed by atoms with Gasteiger partial charge < -0.3 is 16.0 Å². The fourth-order valence-electron chi connectivity index (χ4n) is 1.65. The normalized spacial score (nSPS) is 9.67. The van der Waals surface area contributed by atoms with Crippen LogP contribution in [0.4, 0.5) is 5.69 Å². The number of nitriles is 1. The molecule has 0 bridgehead atoms. The van der Waals surface area contributed by atoms with Gasteiger partial charge in [0.1, 0.15) is 6.07 Å². The average Bonchev–Trinajstić information content (AvgIpc) is 2.43. The van der Waals surface area contributed by atoms with Crippen LogP contribution in [0, 0.1) is 11.3 Å². The number of carbonyl (C=O) groups is 1. The largest absolute Gasteiger partial charge is 0.373 e. The Morgan fingerprint density at radius 1 is 1.56 bits per heavy atom. The minimum absolute atomic E-state index is 0.0149. The Bertz CT molecular complexity index is 465. The molecular formula is C13H18N4O. The maximum atomic E-state index is 11.2. The molecule has 1 amide bonds. The monoisotopic (exact) mass is 246 g/mol. The summed E-state index contributed by atoms with van der Waals surface area (Å²) in [6, 6.07) is 7.70. The van der Waals surface area contributed by atoms with E-state index in [-0.39, 0.29) is 5.91 Å². The van der Waals surface area contributed by atoms with E-state index in [1.807, 2.05) is 24.1 Å². The van der Waals surface area contributed by atoms with Crippen LogP contribution >= 0.6 is 0 Å². The van der Waals surface area contributed by atoms with Crippen molar-refractivity contribution in [2.45, 2.75) is 13.0 Å². The lowest BCUT2D eigenvalue weighted by Crippen LogP contribution is -2.26. The van der Waals surface area contributed by atoms with Crippen molar-refractivity contribution in [1.82, 2.24) is 5.32 Å². The third kappa shape index (κ3) is 3.47. The average molecular weight is 246 g/mol. The standard InChI is InChI=1S/C13H18N4O/c1-16-13(18)5-6-17(2)12-4-3-10(8-14)7-11(12)9-15/h3-4,7H,5-6,8,14H2,1-2H3,(H,16,18). The second-order valence-electron chi connectivity index (χ2n) is 4.01. The topological polar surface area (TPSA) is 82.2 Å². The molecule has 0 spiro atoms. The number of amides is 1. The van der Waals surface area contributed by atoms with E-state index in [2.05, 4.69) is 11.4 Å². The maximum Gasteiger partial charge on any atom is 0.221 e. The summed E-state index contributed by atoms with van der Waals surface area (Å²) in [4.78, 5) is 13.1. The van der Waals surface area contributed by atoms with Gasteiger partial charge in [0.15, 0.2) is 0 Å². The molecule has 1 rings (SSSR count). The van der Waals surface area contributed by atoms with Gasteiger partial charge in [-0.25, -0.2) is 0 Å². The van der Waals surface area contributed by atoms with Crippen LogP contribution in [0.15, 0.2) is 18.2 Å². The van der Waals surface area contributed by atoms with E-state index in [1.165, 1.54) is 0 Å². The van der Waals surface area contributed by atoms with E-state index in [0.29, 0.717) is 25.1 Å². The minimum atomic E-state index is -0.0149. The fraction of sp³-hybridized carbons (Fsp3) is 0.385. The van der Waals surface area contributed by atoms with E-state index in [4.69, 9.17) is 11.0 Å². The molecule has 0 saturated carbocycles. The van der Waals surface area contributed by atoms with Crippen molar-refractivity contribution in [3.63, 3.8) is 0 Å². The molecule has 1 aromatic carbocycles. The van der Waals surface area contributed by atoms with Crippen molar-refractivity contribution < 1.29 is 4.79 Å². The van der Waals surface area contributed by atoms with E-state index in [0.717, 1.165) is 11.3 Å². The Morgan fingerprint density at radius 2 is 2.28 bits per heavy atom. The van der Waals surface area contributed by atoms with Crippen LogP contribution in [-0.4, -0.2) is 26.5 Å². The zero-order valence-corrected chi connectivity index (χ0v) is 10.7. The SMILES string of the molecule is CNC(=O)CCN(C)c1ccc(CN)cc1C#N. The van der Waals surface area contributed by atoms with Crippen LogP contribution in [0.1, 0.15) is 17.5 Å². The predicted octanol–water partition coefficient (Wildman–Crippen LogP) is 0.589. The van der Waals surface area contributed by atoms with E-state index in [9.17, 15) is 4.79 Å². The molecule has 0 atom stereocenters. The zero-order chi connectivity index (χ0) is 13.5. The van der Waals surface area contributed by atoms with Crippen LogP contribution in [0.3, 0.4) is 0 Å².